The zero-order chi connectivity index (χ0) is 14.3. The Labute approximate surface area is 119 Å². The minimum atomic E-state index is -0.673. The summed E-state index contributed by atoms with van der Waals surface area (Å²) in [5, 5.41) is 11.1. The molecule has 2 aliphatic heterocycles. The summed E-state index contributed by atoms with van der Waals surface area (Å²) < 4.78 is 0.724. The molecule has 1 fully saturated rings. The van der Waals surface area contributed by atoms with E-state index >= 15 is 0 Å². The molecule has 3 atom stereocenters. The van der Waals surface area contributed by atoms with Gasteiger partial charge >= 0.3 is 5.97 Å². The van der Waals surface area contributed by atoms with Crippen molar-refractivity contribution in [3.8, 4) is 0 Å². The second-order valence-corrected chi connectivity index (χ2v) is 6.28. The van der Waals surface area contributed by atoms with E-state index in [9.17, 15) is 9.90 Å². The maximum Gasteiger partial charge on any atom is 0.312 e. The van der Waals surface area contributed by atoms with Crippen molar-refractivity contribution < 1.29 is 14.4 Å². The number of carboxylic acids is 1. The zero-order valence-electron chi connectivity index (χ0n) is 11.8. The van der Waals surface area contributed by atoms with Crippen molar-refractivity contribution in [1.82, 2.24) is 0 Å². The third kappa shape index (κ3) is 2.07. The smallest absolute Gasteiger partial charge is 0.312 e. The Morgan fingerprint density at radius 1 is 1.45 bits per heavy atom. The Morgan fingerprint density at radius 3 is 2.90 bits per heavy atom. The molecule has 2 heterocycles. The largest absolute Gasteiger partial charge is 0.481 e. The number of hydrazine groups is 1. The van der Waals surface area contributed by atoms with E-state index in [4.69, 9.17) is 5.84 Å². The number of nitrogens with two attached hydrogens (primary N) is 1. The Kier molecular flexibility index (Phi) is 3.18. The summed E-state index contributed by atoms with van der Waals surface area (Å²) in [6.45, 7) is 1.66. The fourth-order valence-electron chi connectivity index (χ4n) is 3.77. The Morgan fingerprint density at radius 2 is 2.20 bits per heavy atom. The van der Waals surface area contributed by atoms with Crippen molar-refractivity contribution in [3.05, 3.63) is 29.8 Å². The van der Waals surface area contributed by atoms with E-state index in [0.717, 1.165) is 36.0 Å². The highest BCUT2D eigenvalue weighted by Crippen LogP contribution is 2.36. The number of piperidine rings is 1. The number of para-hydroxylation sites is 1. The van der Waals surface area contributed by atoms with E-state index in [-0.39, 0.29) is 12.1 Å². The van der Waals surface area contributed by atoms with Crippen molar-refractivity contribution >= 4 is 11.7 Å². The van der Waals surface area contributed by atoms with Crippen molar-refractivity contribution in [3.63, 3.8) is 0 Å². The summed E-state index contributed by atoms with van der Waals surface area (Å²) in [4.78, 5) is 11.3. The van der Waals surface area contributed by atoms with Crippen LogP contribution in [0.1, 0.15) is 18.4 Å². The molecule has 2 aliphatic rings. The van der Waals surface area contributed by atoms with Gasteiger partial charge in [-0.15, -0.1) is 0 Å². The molecular formula is C15H22N3O2+. The van der Waals surface area contributed by atoms with Crippen LogP contribution in [0.25, 0.3) is 0 Å². The van der Waals surface area contributed by atoms with Crippen LogP contribution in [0.4, 0.5) is 5.69 Å². The van der Waals surface area contributed by atoms with E-state index in [0.29, 0.717) is 6.54 Å². The number of aliphatic carboxylic acids is 1. The number of quaternary nitrogens is 1. The predicted octanol–water partition coefficient (Wildman–Crippen LogP) is 1.19. The van der Waals surface area contributed by atoms with Crippen LogP contribution in [-0.2, 0) is 11.2 Å². The number of benzene rings is 1. The van der Waals surface area contributed by atoms with Gasteiger partial charge in [-0.3, -0.25) is 9.80 Å². The van der Waals surface area contributed by atoms with E-state index in [1.165, 1.54) is 5.56 Å². The van der Waals surface area contributed by atoms with Crippen LogP contribution < -0.4 is 10.9 Å². The standard InChI is InChI=1S/C15H21N3O2/c1-18(8-4-6-12(10-18)15(19)20)14-9-11-5-2-3-7-13(11)17(14)16/h2-3,5,7,12,14H,4,6,8-10,16H2,1H3/p+1. The van der Waals surface area contributed by atoms with Gasteiger partial charge in [0.25, 0.3) is 0 Å². The molecule has 0 saturated carbocycles. The summed E-state index contributed by atoms with van der Waals surface area (Å²) in [5.41, 5.74) is 2.34. The van der Waals surface area contributed by atoms with E-state index < -0.39 is 5.97 Å². The van der Waals surface area contributed by atoms with Gasteiger partial charge in [0.05, 0.1) is 25.8 Å². The van der Waals surface area contributed by atoms with Gasteiger partial charge in [0.1, 0.15) is 5.92 Å². The molecular weight excluding hydrogens is 254 g/mol. The molecule has 0 bridgehead atoms. The molecule has 0 amide bonds. The number of likely N-dealkylation sites (N-methyl/N-ethyl adjacent to an activating group) is 1. The Bertz CT molecular complexity index is 534. The Hall–Kier alpha value is -1.59. The van der Waals surface area contributed by atoms with Gasteiger partial charge in [0, 0.05) is 6.42 Å². The molecule has 20 heavy (non-hydrogen) atoms. The quantitative estimate of drug-likeness (QED) is 0.629. The van der Waals surface area contributed by atoms with Crippen molar-refractivity contribution in [2.45, 2.75) is 25.4 Å². The molecule has 5 nitrogen and oxygen atoms in total. The highest BCUT2D eigenvalue weighted by molar-refractivity contribution is 5.70. The van der Waals surface area contributed by atoms with Gasteiger partial charge in [0.2, 0.25) is 0 Å². The van der Waals surface area contributed by atoms with Crippen LogP contribution in [0.5, 0.6) is 0 Å². The fourth-order valence-corrected chi connectivity index (χ4v) is 3.77. The van der Waals surface area contributed by atoms with Crippen LogP contribution in [0, 0.1) is 5.92 Å². The molecule has 1 aromatic carbocycles. The van der Waals surface area contributed by atoms with E-state index in [1.807, 2.05) is 23.2 Å². The number of hydrogen-bond donors (Lipinski definition) is 2. The molecule has 0 radical (unpaired) electrons. The average Bonchev–Trinajstić information content (AvgIpc) is 2.77. The minimum absolute atomic E-state index is 0.148. The number of rotatable bonds is 2. The second kappa shape index (κ2) is 4.75. The topological polar surface area (TPSA) is 66.6 Å². The molecule has 0 aliphatic carbocycles. The Balaban J connectivity index is 1.85. The first kappa shape index (κ1) is 13.4. The second-order valence-electron chi connectivity index (χ2n) is 6.28. The molecule has 0 aromatic heterocycles. The monoisotopic (exact) mass is 276 g/mol. The lowest BCUT2D eigenvalue weighted by Gasteiger charge is -2.46. The normalized spacial score (nSPS) is 33.0. The summed E-state index contributed by atoms with van der Waals surface area (Å²) in [5.74, 6) is 5.38. The van der Waals surface area contributed by atoms with Gasteiger partial charge in [0.15, 0.2) is 6.17 Å². The lowest BCUT2D eigenvalue weighted by atomic mass is 9.95. The van der Waals surface area contributed by atoms with Crippen LogP contribution >= 0.6 is 0 Å². The van der Waals surface area contributed by atoms with Gasteiger partial charge in [-0.05, 0) is 24.5 Å². The number of carboxylic acid groups (broad SMARTS) is 1. The first-order valence-corrected chi connectivity index (χ1v) is 7.20. The number of carbonyl (C=O) groups is 1. The highest BCUT2D eigenvalue weighted by Gasteiger charge is 2.45. The molecule has 3 rings (SSSR count). The molecule has 3 N–H and O–H groups in total. The number of fused-ring (bicyclic) bond motifs is 1. The summed E-state index contributed by atoms with van der Waals surface area (Å²) in [7, 11) is 2.14. The predicted molar refractivity (Wildman–Crippen MR) is 76.9 cm³/mol. The summed E-state index contributed by atoms with van der Waals surface area (Å²) >= 11 is 0. The molecule has 0 spiro atoms. The van der Waals surface area contributed by atoms with Gasteiger partial charge in [-0.25, -0.2) is 5.84 Å². The summed E-state index contributed by atoms with van der Waals surface area (Å²) in [6, 6.07) is 8.18. The molecule has 3 unspecified atom stereocenters. The first-order chi connectivity index (χ1) is 9.51. The van der Waals surface area contributed by atoms with Crippen LogP contribution in [0.2, 0.25) is 0 Å². The number of nitrogens with zero attached hydrogens (tertiary/aromatic N) is 2. The third-order valence-electron chi connectivity index (χ3n) is 4.92. The highest BCUT2D eigenvalue weighted by atomic mass is 16.4. The lowest BCUT2D eigenvalue weighted by molar-refractivity contribution is -0.938. The molecule has 5 heteroatoms. The van der Waals surface area contributed by atoms with Crippen molar-refractivity contribution in [1.29, 1.82) is 0 Å². The minimum Gasteiger partial charge on any atom is -0.481 e. The first-order valence-electron chi connectivity index (χ1n) is 7.20. The maximum atomic E-state index is 11.3. The fraction of sp³-hybridized carbons (Fsp3) is 0.533. The van der Waals surface area contributed by atoms with Gasteiger partial charge in [-0.2, -0.15) is 0 Å². The van der Waals surface area contributed by atoms with Crippen LogP contribution in [-0.4, -0.2) is 41.9 Å². The van der Waals surface area contributed by atoms with Crippen molar-refractivity contribution in [2.24, 2.45) is 11.8 Å². The average molecular weight is 276 g/mol. The lowest BCUT2D eigenvalue weighted by Crippen LogP contribution is -2.65. The number of hydrogen-bond acceptors (Lipinski definition) is 3. The van der Waals surface area contributed by atoms with Crippen LogP contribution in [0.3, 0.4) is 0 Å². The SMILES string of the molecule is C[N+]1(C2Cc3ccccc3N2N)CCCC(C(=O)O)C1. The van der Waals surface area contributed by atoms with E-state index in [1.54, 1.807) is 0 Å². The van der Waals surface area contributed by atoms with Crippen LogP contribution in [0.15, 0.2) is 24.3 Å². The molecule has 1 saturated heterocycles. The van der Waals surface area contributed by atoms with Gasteiger partial charge < -0.3 is 9.59 Å². The molecule has 1 aromatic rings. The summed E-state index contributed by atoms with van der Waals surface area (Å²) in [6.07, 6.45) is 2.78. The van der Waals surface area contributed by atoms with E-state index in [2.05, 4.69) is 13.1 Å². The van der Waals surface area contributed by atoms with Crippen molar-refractivity contribution in [2.75, 3.05) is 25.1 Å². The third-order valence-corrected chi connectivity index (χ3v) is 4.92. The number of likely N-dealkylation sites (tertiary alicyclic amines) is 1. The number of anilines is 1. The maximum absolute atomic E-state index is 11.3. The molecule has 108 valence electrons. The van der Waals surface area contributed by atoms with Gasteiger partial charge in [-0.1, -0.05) is 18.2 Å². The zero-order valence-corrected chi connectivity index (χ0v) is 11.8.